The fourth-order valence-corrected chi connectivity index (χ4v) is 3.28. The van der Waals surface area contributed by atoms with Crippen LogP contribution in [0.1, 0.15) is 52.4 Å². The molecule has 96 valence electrons. The molecule has 0 spiro atoms. The summed E-state index contributed by atoms with van der Waals surface area (Å²) in [4.78, 5) is 0. The predicted molar refractivity (Wildman–Crippen MR) is 73.1 cm³/mol. The van der Waals surface area contributed by atoms with Crippen molar-refractivity contribution in [1.82, 2.24) is 5.32 Å². The van der Waals surface area contributed by atoms with Crippen molar-refractivity contribution in [3.05, 3.63) is 0 Å². The maximum atomic E-state index is 9.94. The molecule has 2 nitrogen and oxygen atoms in total. The van der Waals surface area contributed by atoms with E-state index in [1.54, 1.807) is 0 Å². The Kier molecular flexibility index (Phi) is 5.62. The number of nitrogens with one attached hydrogen (secondary N) is 1. The minimum absolute atomic E-state index is 0.433. The normalized spacial score (nSPS) is 24.0. The molecule has 0 heterocycles. The van der Waals surface area contributed by atoms with Crippen LogP contribution in [0, 0.1) is 0 Å². The second-order valence-electron chi connectivity index (χ2n) is 5.40. The first-order chi connectivity index (χ1) is 7.54. The number of thioether (sulfide) groups is 1. The summed E-state index contributed by atoms with van der Waals surface area (Å²) in [5.41, 5.74) is -0.547. The van der Waals surface area contributed by atoms with Crippen molar-refractivity contribution in [3.63, 3.8) is 0 Å². The van der Waals surface area contributed by atoms with Gasteiger partial charge in [-0.25, -0.2) is 0 Å². The third-order valence-electron chi connectivity index (χ3n) is 3.91. The van der Waals surface area contributed by atoms with E-state index in [4.69, 9.17) is 0 Å². The Hall–Kier alpha value is 0.270. The molecular weight excluding hydrogens is 218 g/mol. The van der Waals surface area contributed by atoms with E-state index in [-0.39, 0.29) is 0 Å². The summed E-state index contributed by atoms with van der Waals surface area (Å²) >= 11 is 2.01. The van der Waals surface area contributed by atoms with Gasteiger partial charge in [-0.3, -0.25) is 0 Å². The molecule has 0 aromatic carbocycles. The molecule has 0 aliphatic heterocycles. The van der Waals surface area contributed by atoms with Gasteiger partial charge in [0.05, 0.1) is 5.60 Å². The van der Waals surface area contributed by atoms with Crippen LogP contribution >= 0.6 is 11.8 Å². The van der Waals surface area contributed by atoms with Crippen LogP contribution in [0.15, 0.2) is 0 Å². The first-order valence-corrected chi connectivity index (χ1v) is 7.74. The summed E-state index contributed by atoms with van der Waals surface area (Å²) in [7, 11) is 0. The zero-order valence-corrected chi connectivity index (χ0v) is 11.8. The average molecular weight is 245 g/mol. The van der Waals surface area contributed by atoms with Gasteiger partial charge in [-0.1, -0.05) is 26.2 Å². The first kappa shape index (κ1) is 14.3. The lowest BCUT2D eigenvalue weighted by molar-refractivity contribution is 0.0550. The van der Waals surface area contributed by atoms with Crippen molar-refractivity contribution in [3.8, 4) is 0 Å². The van der Waals surface area contributed by atoms with E-state index < -0.39 is 5.60 Å². The standard InChI is InChI=1S/C13H27NOS/c1-4-12(2,15)10-14-11-13(16-3)8-6-5-7-9-13/h14-15H,4-11H2,1-3H3. The largest absolute Gasteiger partial charge is 0.389 e. The van der Waals surface area contributed by atoms with Gasteiger partial charge in [-0.05, 0) is 32.4 Å². The highest BCUT2D eigenvalue weighted by molar-refractivity contribution is 8.00. The summed E-state index contributed by atoms with van der Waals surface area (Å²) in [5, 5.41) is 13.4. The maximum absolute atomic E-state index is 9.94. The fraction of sp³-hybridized carbons (Fsp3) is 1.00. The van der Waals surface area contributed by atoms with Crippen LogP contribution in [0.25, 0.3) is 0 Å². The molecule has 1 aliphatic carbocycles. The van der Waals surface area contributed by atoms with E-state index in [1.165, 1.54) is 32.1 Å². The summed E-state index contributed by atoms with van der Waals surface area (Å²) in [6, 6.07) is 0. The third kappa shape index (κ3) is 4.27. The molecule has 1 fully saturated rings. The molecule has 1 atom stereocenters. The Morgan fingerprint density at radius 2 is 1.94 bits per heavy atom. The quantitative estimate of drug-likeness (QED) is 0.755. The number of rotatable bonds is 6. The van der Waals surface area contributed by atoms with Gasteiger partial charge in [-0.15, -0.1) is 0 Å². The number of hydrogen-bond acceptors (Lipinski definition) is 3. The maximum Gasteiger partial charge on any atom is 0.0740 e. The van der Waals surface area contributed by atoms with Crippen molar-refractivity contribution >= 4 is 11.8 Å². The molecule has 0 aromatic rings. The Morgan fingerprint density at radius 3 is 2.44 bits per heavy atom. The topological polar surface area (TPSA) is 32.3 Å². The fourth-order valence-electron chi connectivity index (χ4n) is 2.33. The molecule has 3 heteroatoms. The molecule has 0 amide bonds. The van der Waals surface area contributed by atoms with Gasteiger partial charge in [0.1, 0.15) is 0 Å². The lowest BCUT2D eigenvalue weighted by Crippen LogP contribution is -2.45. The van der Waals surface area contributed by atoms with Crippen LogP contribution in [0.2, 0.25) is 0 Å². The van der Waals surface area contributed by atoms with Gasteiger partial charge in [0.2, 0.25) is 0 Å². The monoisotopic (exact) mass is 245 g/mol. The van der Waals surface area contributed by atoms with Crippen LogP contribution in [-0.4, -0.2) is 34.8 Å². The van der Waals surface area contributed by atoms with Gasteiger partial charge >= 0.3 is 0 Å². The van der Waals surface area contributed by atoms with Crippen molar-refractivity contribution in [1.29, 1.82) is 0 Å². The van der Waals surface area contributed by atoms with Gasteiger partial charge in [0.15, 0.2) is 0 Å². The molecule has 0 bridgehead atoms. The molecule has 1 rings (SSSR count). The van der Waals surface area contributed by atoms with E-state index in [0.29, 0.717) is 11.3 Å². The SMILES string of the molecule is CCC(C)(O)CNCC1(SC)CCCCC1. The molecule has 1 aliphatic rings. The van der Waals surface area contributed by atoms with E-state index in [0.717, 1.165) is 13.0 Å². The second kappa shape index (κ2) is 6.27. The number of hydrogen-bond donors (Lipinski definition) is 2. The highest BCUT2D eigenvalue weighted by Crippen LogP contribution is 2.37. The molecule has 0 saturated heterocycles. The van der Waals surface area contributed by atoms with Gasteiger partial charge in [-0.2, -0.15) is 11.8 Å². The molecule has 2 N–H and O–H groups in total. The molecule has 16 heavy (non-hydrogen) atoms. The highest BCUT2D eigenvalue weighted by atomic mass is 32.2. The molecule has 1 saturated carbocycles. The van der Waals surface area contributed by atoms with E-state index in [9.17, 15) is 5.11 Å². The molecule has 0 radical (unpaired) electrons. The average Bonchev–Trinajstić information content (AvgIpc) is 2.30. The second-order valence-corrected chi connectivity index (χ2v) is 6.68. The Morgan fingerprint density at radius 1 is 1.31 bits per heavy atom. The van der Waals surface area contributed by atoms with Crippen molar-refractivity contribution in [2.45, 2.75) is 62.7 Å². The van der Waals surface area contributed by atoms with Gasteiger partial charge < -0.3 is 10.4 Å². The summed E-state index contributed by atoms with van der Waals surface area (Å²) in [6.45, 7) is 5.70. The lowest BCUT2D eigenvalue weighted by atomic mass is 9.88. The molecule has 0 aromatic heterocycles. The van der Waals surface area contributed by atoms with Crippen LogP contribution < -0.4 is 5.32 Å². The zero-order chi connectivity index (χ0) is 12.1. The Labute approximate surface area is 105 Å². The highest BCUT2D eigenvalue weighted by Gasteiger charge is 2.31. The summed E-state index contributed by atoms with van der Waals surface area (Å²) < 4.78 is 0.433. The van der Waals surface area contributed by atoms with Crippen LogP contribution in [0.4, 0.5) is 0 Å². The Bertz CT molecular complexity index is 200. The third-order valence-corrected chi connectivity index (χ3v) is 5.33. The smallest absolute Gasteiger partial charge is 0.0740 e. The minimum atomic E-state index is -0.547. The van der Waals surface area contributed by atoms with Crippen molar-refractivity contribution < 1.29 is 5.11 Å². The van der Waals surface area contributed by atoms with E-state index >= 15 is 0 Å². The minimum Gasteiger partial charge on any atom is -0.389 e. The zero-order valence-electron chi connectivity index (χ0n) is 11.0. The van der Waals surface area contributed by atoms with E-state index in [2.05, 4.69) is 11.6 Å². The van der Waals surface area contributed by atoms with Crippen LogP contribution in [-0.2, 0) is 0 Å². The van der Waals surface area contributed by atoms with Gasteiger partial charge in [0, 0.05) is 17.8 Å². The van der Waals surface area contributed by atoms with Crippen LogP contribution in [0.5, 0.6) is 0 Å². The van der Waals surface area contributed by atoms with Crippen molar-refractivity contribution in [2.75, 3.05) is 19.3 Å². The predicted octanol–water partition coefficient (Wildman–Crippen LogP) is 2.80. The molecule has 1 unspecified atom stereocenters. The number of aliphatic hydroxyl groups is 1. The summed E-state index contributed by atoms with van der Waals surface area (Å²) in [6.07, 6.45) is 9.83. The van der Waals surface area contributed by atoms with E-state index in [1.807, 2.05) is 25.6 Å². The Balaban J connectivity index is 2.33. The van der Waals surface area contributed by atoms with Crippen LogP contribution in [0.3, 0.4) is 0 Å². The lowest BCUT2D eigenvalue weighted by Gasteiger charge is -2.37. The van der Waals surface area contributed by atoms with Gasteiger partial charge in [0.25, 0.3) is 0 Å². The molecular formula is C13H27NOS. The first-order valence-electron chi connectivity index (χ1n) is 6.52. The summed E-state index contributed by atoms with van der Waals surface area (Å²) in [5.74, 6) is 0. The van der Waals surface area contributed by atoms with Crippen molar-refractivity contribution in [2.24, 2.45) is 0 Å².